The summed E-state index contributed by atoms with van der Waals surface area (Å²) in [6.07, 6.45) is 1.23. The molecule has 0 bridgehead atoms. The van der Waals surface area contributed by atoms with E-state index >= 15 is 0 Å². The van der Waals surface area contributed by atoms with Gasteiger partial charge in [-0.1, -0.05) is 42.3 Å². The molecule has 0 atom stereocenters. The Hall–Kier alpha value is -1.43. The summed E-state index contributed by atoms with van der Waals surface area (Å²) in [5.74, 6) is 1.24. The number of aryl methyl sites for hydroxylation is 2. The summed E-state index contributed by atoms with van der Waals surface area (Å²) in [6.45, 7) is 6.56. The Bertz CT molecular complexity index is 528. The Morgan fingerprint density at radius 1 is 0.739 bits per heavy atom. The first-order valence-electron chi connectivity index (χ1n) is 7.42. The van der Waals surface area contributed by atoms with Crippen molar-refractivity contribution in [3.05, 3.63) is 59.7 Å². The standard InChI is InChI=1S/C17H21S.BF4/c1-4-13-18(16-9-5-14(2)6-10-16)17-11-7-15(3)8-12-17;2-1(3,4)5/h5-12H,4,13H2,1-3H3;/q+1;-1. The Morgan fingerprint density at radius 3 is 1.30 bits per heavy atom. The van der Waals surface area contributed by atoms with Crippen LogP contribution < -0.4 is 0 Å². The minimum atomic E-state index is -6.00. The van der Waals surface area contributed by atoms with Gasteiger partial charge in [-0.05, 0) is 44.5 Å². The molecule has 0 spiro atoms. The monoisotopic (exact) mass is 344 g/mol. The van der Waals surface area contributed by atoms with Crippen molar-refractivity contribution in [3.63, 3.8) is 0 Å². The average Bonchev–Trinajstić information content (AvgIpc) is 2.45. The Labute approximate surface area is 138 Å². The highest BCUT2D eigenvalue weighted by atomic mass is 32.2. The summed E-state index contributed by atoms with van der Waals surface area (Å²) in [7, 11) is -5.77. The summed E-state index contributed by atoms with van der Waals surface area (Å²) in [5.41, 5.74) is 2.67. The van der Waals surface area contributed by atoms with Gasteiger partial charge in [-0.3, -0.25) is 0 Å². The van der Waals surface area contributed by atoms with Crippen LogP contribution >= 0.6 is 0 Å². The lowest BCUT2D eigenvalue weighted by Gasteiger charge is -2.07. The summed E-state index contributed by atoms with van der Waals surface area (Å²) < 4.78 is 39.0. The number of rotatable bonds is 4. The van der Waals surface area contributed by atoms with Crippen LogP contribution in [0.2, 0.25) is 0 Å². The molecular weight excluding hydrogens is 323 g/mol. The third-order valence-corrected chi connectivity index (χ3v) is 5.52. The molecule has 0 aromatic heterocycles. The van der Waals surface area contributed by atoms with Gasteiger partial charge in [-0.2, -0.15) is 0 Å². The molecule has 0 N–H and O–H groups in total. The molecule has 23 heavy (non-hydrogen) atoms. The lowest BCUT2D eigenvalue weighted by molar-refractivity contribution is 0.368. The van der Waals surface area contributed by atoms with Gasteiger partial charge >= 0.3 is 7.25 Å². The van der Waals surface area contributed by atoms with Gasteiger partial charge in [0.05, 0.1) is 10.9 Å². The second kappa shape index (κ2) is 9.01. The maximum atomic E-state index is 9.75. The molecule has 0 aliphatic heterocycles. The molecule has 2 aromatic carbocycles. The number of benzene rings is 2. The highest BCUT2D eigenvalue weighted by molar-refractivity contribution is 7.97. The molecule has 0 saturated carbocycles. The van der Waals surface area contributed by atoms with Crippen molar-refractivity contribution in [3.8, 4) is 0 Å². The van der Waals surface area contributed by atoms with Crippen molar-refractivity contribution in [2.75, 3.05) is 5.75 Å². The zero-order valence-corrected chi connectivity index (χ0v) is 14.3. The molecule has 126 valence electrons. The lowest BCUT2D eigenvalue weighted by atomic mass is 10.2. The smallest absolute Gasteiger partial charge is 0.418 e. The molecule has 0 radical (unpaired) electrons. The van der Waals surface area contributed by atoms with E-state index in [1.807, 2.05) is 0 Å². The molecule has 2 aromatic rings. The SMILES string of the molecule is CCC[S+](c1ccc(C)cc1)c1ccc(C)cc1.F[B-](F)(F)F. The van der Waals surface area contributed by atoms with Gasteiger partial charge in [0, 0.05) is 0 Å². The molecule has 0 saturated heterocycles. The van der Waals surface area contributed by atoms with E-state index in [1.54, 1.807) is 0 Å². The highest BCUT2D eigenvalue weighted by Crippen LogP contribution is 2.25. The van der Waals surface area contributed by atoms with Gasteiger partial charge in [-0.15, -0.1) is 0 Å². The summed E-state index contributed by atoms with van der Waals surface area (Å²) in [4.78, 5) is 2.93. The fraction of sp³-hybridized carbons (Fsp3) is 0.294. The zero-order valence-electron chi connectivity index (χ0n) is 13.5. The average molecular weight is 344 g/mol. The van der Waals surface area contributed by atoms with Gasteiger partial charge < -0.3 is 17.3 Å². The molecule has 0 nitrogen and oxygen atoms in total. The first-order valence-corrected chi connectivity index (χ1v) is 8.81. The normalized spacial score (nSPS) is 11.1. The molecule has 0 aliphatic rings. The Balaban J connectivity index is 0.000000463. The van der Waals surface area contributed by atoms with E-state index in [0.717, 1.165) is 0 Å². The number of hydrogen-bond acceptors (Lipinski definition) is 0. The van der Waals surface area contributed by atoms with E-state index in [1.165, 1.54) is 33.1 Å². The van der Waals surface area contributed by atoms with Gasteiger partial charge in [0.1, 0.15) is 5.75 Å². The topological polar surface area (TPSA) is 0 Å². The molecule has 2 rings (SSSR count). The highest BCUT2D eigenvalue weighted by Gasteiger charge is 2.23. The quantitative estimate of drug-likeness (QED) is 0.360. The maximum absolute atomic E-state index is 9.75. The van der Waals surface area contributed by atoms with Crippen LogP contribution in [0.25, 0.3) is 0 Å². The molecular formula is C17H21BF4S. The van der Waals surface area contributed by atoms with Gasteiger partial charge in [0.15, 0.2) is 9.79 Å². The van der Waals surface area contributed by atoms with Crippen LogP contribution in [0.3, 0.4) is 0 Å². The van der Waals surface area contributed by atoms with Crippen LogP contribution in [0.15, 0.2) is 58.3 Å². The van der Waals surface area contributed by atoms with E-state index in [2.05, 4.69) is 69.3 Å². The second-order valence-electron chi connectivity index (χ2n) is 5.22. The molecule has 0 aliphatic carbocycles. The summed E-state index contributed by atoms with van der Waals surface area (Å²) in [6, 6.07) is 18.0. The van der Waals surface area contributed by atoms with E-state index in [0.29, 0.717) is 0 Å². The van der Waals surface area contributed by atoms with E-state index in [9.17, 15) is 17.3 Å². The van der Waals surface area contributed by atoms with Crippen molar-refractivity contribution in [1.29, 1.82) is 0 Å². The summed E-state index contributed by atoms with van der Waals surface area (Å²) >= 11 is 0. The third kappa shape index (κ3) is 8.12. The summed E-state index contributed by atoms with van der Waals surface area (Å²) in [5, 5.41) is 0. The largest absolute Gasteiger partial charge is 0.673 e. The van der Waals surface area contributed by atoms with Crippen LogP contribution in [0.1, 0.15) is 24.5 Å². The minimum absolute atomic E-state index is 0.232. The predicted octanol–water partition coefficient (Wildman–Crippen LogP) is 6.05. The molecule has 6 heteroatoms. The second-order valence-corrected chi connectivity index (χ2v) is 7.35. The van der Waals surface area contributed by atoms with Crippen LogP contribution in [-0.2, 0) is 10.9 Å². The van der Waals surface area contributed by atoms with E-state index in [4.69, 9.17) is 0 Å². The fourth-order valence-electron chi connectivity index (χ4n) is 1.98. The first-order chi connectivity index (χ1) is 10.7. The van der Waals surface area contributed by atoms with Crippen molar-refractivity contribution >= 4 is 18.1 Å². The van der Waals surface area contributed by atoms with Crippen molar-refractivity contribution in [1.82, 2.24) is 0 Å². The fourth-order valence-corrected chi connectivity index (χ4v) is 4.06. The maximum Gasteiger partial charge on any atom is 0.673 e. The number of halogens is 4. The zero-order chi connectivity index (χ0) is 17.5. The van der Waals surface area contributed by atoms with Crippen molar-refractivity contribution < 1.29 is 17.3 Å². The van der Waals surface area contributed by atoms with E-state index in [-0.39, 0.29) is 10.9 Å². The van der Waals surface area contributed by atoms with Gasteiger partial charge in [-0.25, -0.2) is 0 Å². The third-order valence-electron chi connectivity index (χ3n) is 3.02. The van der Waals surface area contributed by atoms with Crippen LogP contribution in [0.4, 0.5) is 17.3 Å². The van der Waals surface area contributed by atoms with Crippen LogP contribution in [0, 0.1) is 13.8 Å². The van der Waals surface area contributed by atoms with Crippen molar-refractivity contribution in [2.45, 2.75) is 37.0 Å². The van der Waals surface area contributed by atoms with Crippen LogP contribution in [0.5, 0.6) is 0 Å². The van der Waals surface area contributed by atoms with Crippen LogP contribution in [-0.4, -0.2) is 13.0 Å². The van der Waals surface area contributed by atoms with Gasteiger partial charge in [0.2, 0.25) is 0 Å². The van der Waals surface area contributed by atoms with Crippen molar-refractivity contribution in [2.24, 2.45) is 0 Å². The molecule has 0 unspecified atom stereocenters. The molecule has 0 fully saturated rings. The Morgan fingerprint density at radius 2 is 1.04 bits per heavy atom. The number of hydrogen-bond donors (Lipinski definition) is 0. The van der Waals surface area contributed by atoms with E-state index < -0.39 is 7.25 Å². The molecule has 0 amide bonds. The minimum Gasteiger partial charge on any atom is -0.418 e. The first kappa shape index (κ1) is 19.6. The lowest BCUT2D eigenvalue weighted by Crippen LogP contribution is -2.08. The van der Waals surface area contributed by atoms with Gasteiger partial charge in [0.25, 0.3) is 0 Å². The predicted molar refractivity (Wildman–Crippen MR) is 91.6 cm³/mol. The molecule has 0 heterocycles. The Kier molecular flexibility index (Phi) is 7.69.